The Bertz CT molecular complexity index is 491. The molecule has 0 unspecified atom stereocenters. The topological polar surface area (TPSA) is 52.6 Å². The Balaban J connectivity index is 3.46. The van der Waals surface area contributed by atoms with Crippen LogP contribution in [0.1, 0.15) is 131 Å². The summed E-state index contributed by atoms with van der Waals surface area (Å²) in [5.41, 5.74) is -0.673. The molecule has 0 aliphatic carbocycles. The van der Waals surface area contributed by atoms with Crippen molar-refractivity contribution in [3.63, 3.8) is 0 Å². The van der Waals surface area contributed by atoms with Gasteiger partial charge in [0.2, 0.25) is 0 Å². The normalized spacial score (nSPS) is 12.3. The molecule has 0 aliphatic rings. The van der Waals surface area contributed by atoms with Gasteiger partial charge in [0.1, 0.15) is 11.2 Å². The van der Waals surface area contributed by atoms with E-state index >= 15 is 0 Å². The van der Waals surface area contributed by atoms with Crippen LogP contribution in [-0.4, -0.2) is 23.1 Å². The third-order valence-corrected chi connectivity index (χ3v) is 5.65. The van der Waals surface area contributed by atoms with Crippen molar-refractivity contribution in [1.29, 1.82) is 0 Å². The van der Waals surface area contributed by atoms with Gasteiger partial charge in [-0.15, -0.1) is 0 Å². The van der Waals surface area contributed by atoms with Crippen molar-refractivity contribution in [2.24, 2.45) is 0 Å². The van der Waals surface area contributed by atoms with Crippen molar-refractivity contribution in [2.45, 2.75) is 143 Å². The van der Waals surface area contributed by atoms with E-state index in [1.165, 1.54) is 32.1 Å². The van der Waals surface area contributed by atoms with Crippen LogP contribution in [0.4, 0.5) is 0 Å². The van der Waals surface area contributed by atoms with Crippen molar-refractivity contribution in [3.05, 3.63) is 12.2 Å². The summed E-state index contributed by atoms with van der Waals surface area (Å²) >= 11 is 0. The van der Waals surface area contributed by atoms with E-state index in [2.05, 4.69) is 12.2 Å². The Hall–Kier alpha value is -1.32. The van der Waals surface area contributed by atoms with E-state index in [9.17, 15) is 9.59 Å². The Morgan fingerprint density at radius 3 is 1.43 bits per heavy atom. The van der Waals surface area contributed by atoms with Crippen LogP contribution < -0.4 is 0 Å². The Kier molecular flexibility index (Phi) is 15.7. The SMILES string of the molecule is CCC(C)(C)OC(=O)CCC/C=C/CCCCCCCCCC(=O)OC(C)(C)CC. The predicted molar refractivity (Wildman–Crippen MR) is 125 cm³/mol. The van der Waals surface area contributed by atoms with Gasteiger partial charge < -0.3 is 9.47 Å². The van der Waals surface area contributed by atoms with Crippen molar-refractivity contribution in [1.82, 2.24) is 0 Å². The van der Waals surface area contributed by atoms with Crippen LogP contribution in [0.25, 0.3) is 0 Å². The van der Waals surface area contributed by atoms with E-state index in [1.807, 2.05) is 41.5 Å². The fourth-order valence-corrected chi connectivity index (χ4v) is 2.88. The zero-order valence-electron chi connectivity index (χ0n) is 20.7. The fourth-order valence-electron chi connectivity index (χ4n) is 2.88. The summed E-state index contributed by atoms with van der Waals surface area (Å²) in [6, 6.07) is 0. The molecule has 0 N–H and O–H groups in total. The van der Waals surface area contributed by atoms with Crippen molar-refractivity contribution in [3.8, 4) is 0 Å². The molecule has 0 aliphatic heterocycles. The summed E-state index contributed by atoms with van der Waals surface area (Å²) in [5, 5.41) is 0. The number of carbonyl (C=O) groups excluding carboxylic acids is 2. The van der Waals surface area contributed by atoms with E-state index < -0.39 is 0 Å². The van der Waals surface area contributed by atoms with Gasteiger partial charge in [-0.2, -0.15) is 0 Å². The van der Waals surface area contributed by atoms with Crippen LogP contribution in [0.2, 0.25) is 0 Å². The van der Waals surface area contributed by atoms with E-state index in [0.29, 0.717) is 12.8 Å². The molecule has 0 saturated carbocycles. The summed E-state index contributed by atoms with van der Waals surface area (Å²) in [6.45, 7) is 11.9. The highest BCUT2D eigenvalue weighted by atomic mass is 16.6. The second-order valence-corrected chi connectivity index (χ2v) is 9.55. The number of hydrogen-bond donors (Lipinski definition) is 0. The fraction of sp³-hybridized carbons (Fsp3) is 0.846. The molecule has 0 bridgehead atoms. The first-order chi connectivity index (χ1) is 14.1. The molecule has 176 valence electrons. The molecule has 0 spiro atoms. The smallest absolute Gasteiger partial charge is 0.306 e. The molecule has 0 radical (unpaired) electrons. The molecule has 0 rings (SSSR count). The molecule has 0 aromatic rings. The average molecular weight is 425 g/mol. The monoisotopic (exact) mass is 424 g/mol. The molecule has 0 atom stereocenters. The molecule has 4 heteroatoms. The number of esters is 2. The molecular formula is C26H48O4. The third-order valence-electron chi connectivity index (χ3n) is 5.65. The van der Waals surface area contributed by atoms with Gasteiger partial charge in [-0.3, -0.25) is 9.59 Å². The second kappa shape index (κ2) is 16.4. The number of unbranched alkanes of at least 4 members (excludes halogenated alkanes) is 8. The highest BCUT2D eigenvalue weighted by Gasteiger charge is 2.20. The number of hydrogen-bond acceptors (Lipinski definition) is 4. The first-order valence-electron chi connectivity index (χ1n) is 12.2. The van der Waals surface area contributed by atoms with Crippen molar-refractivity contribution in [2.75, 3.05) is 0 Å². The zero-order valence-corrected chi connectivity index (χ0v) is 20.7. The number of ether oxygens (including phenoxy) is 2. The largest absolute Gasteiger partial charge is 0.460 e. The molecule has 4 nitrogen and oxygen atoms in total. The Morgan fingerprint density at radius 1 is 0.600 bits per heavy atom. The highest BCUT2D eigenvalue weighted by Crippen LogP contribution is 2.17. The Labute approximate surface area is 186 Å². The molecule has 0 saturated heterocycles. The summed E-state index contributed by atoms with van der Waals surface area (Å²) in [6.07, 6.45) is 18.3. The molecule has 0 aromatic heterocycles. The lowest BCUT2D eigenvalue weighted by Crippen LogP contribution is -2.26. The first-order valence-corrected chi connectivity index (χ1v) is 12.2. The molecule has 0 amide bonds. The van der Waals surface area contributed by atoms with Crippen LogP contribution in [0.3, 0.4) is 0 Å². The van der Waals surface area contributed by atoms with E-state index in [-0.39, 0.29) is 23.1 Å². The van der Waals surface area contributed by atoms with Crippen LogP contribution in [0, 0.1) is 0 Å². The van der Waals surface area contributed by atoms with Crippen molar-refractivity contribution >= 4 is 11.9 Å². The summed E-state index contributed by atoms with van der Waals surface area (Å²) in [5.74, 6) is -0.146. The summed E-state index contributed by atoms with van der Waals surface area (Å²) < 4.78 is 10.9. The van der Waals surface area contributed by atoms with Crippen molar-refractivity contribution < 1.29 is 19.1 Å². The number of carbonyl (C=O) groups is 2. The standard InChI is InChI=1S/C26H48O4/c1-7-25(3,4)29-23(27)21-19-17-15-13-11-9-10-12-14-16-18-20-22-24(28)30-26(5,6)8-2/h13,15H,7-12,14,16-22H2,1-6H3/b15-13+. The van der Waals surface area contributed by atoms with Crippen LogP contribution in [0.15, 0.2) is 12.2 Å². The maximum absolute atomic E-state index is 11.8. The van der Waals surface area contributed by atoms with Crippen LogP contribution >= 0.6 is 0 Å². The molecule has 0 fully saturated rings. The number of rotatable bonds is 18. The summed E-state index contributed by atoms with van der Waals surface area (Å²) in [4.78, 5) is 23.5. The van der Waals surface area contributed by atoms with Crippen LogP contribution in [0.5, 0.6) is 0 Å². The zero-order chi connectivity index (χ0) is 22.9. The minimum Gasteiger partial charge on any atom is -0.460 e. The van der Waals surface area contributed by atoms with E-state index in [1.54, 1.807) is 0 Å². The van der Waals surface area contributed by atoms with Gasteiger partial charge >= 0.3 is 11.9 Å². The maximum Gasteiger partial charge on any atom is 0.306 e. The first kappa shape index (κ1) is 28.7. The average Bonchev–Trinajstić information content (AvgIpc) is 2.67. The molecular weight excluding hydrogens is 376 g/mol. The van der Waals surface area contributed by atoms with Gasteiger partial charge in [-0.25, -0.2) is 0 Å². The third kappa shape index (κ3) is 17.5. The maximum atomic E-state index is 11.8. The van der Waals surface area contributed by atoms with Gasteiger partial charge in [0.05, 0.1) is 0 Å². The quantitative estimate of drug-likeness (QED) is 0.129. The Morgan fingerprint density at radius 2 is 0.967 bits per heavy atom. The summed E-state index contributed by atoms with van der Waals surface area (Å²) in [7, 11) is 0. The highest BCUT2D eigenvalue weighted by molar-refractivity contribution is 5.70. The minimum atomic E-state index is -0.343. The lowest BCUT2D eigenvalue weighted by atomic mass is 10.1. The molecule has 0 heterocycles. The van der Waals surface area contributed by atoms with Gasteiger partial charge in [0.15, 0.2) is 0 Å². The van der Waals surface area contributed by atoms with Gasteiger partial charge in [0, 0.05) is 12.8 Å². The second-order valence-electron chi connectivity index (χ2n) is 9.55. The van der Waals surface area contributed by atoms with E-state index in [0.717, 1.165) is 44.9 Å². The van der Waals surface area contributed by atoms with E-state index in [4.69, 9.17) is 9.47 Å². The minimum absolute atomic E-state index is 0.0599. The molecule has 30 heavy (non-hydrogen) atoms. The lowest BCUT2D eigenvalue weighted by Gasteiger charge is -2.23. The van der Waals surface area contributed by atoms with Gasteiger partial charge in [-0.05, 0) is 72.6 Å². The predicted octanol–water partition coefficient (Wildman–Crippen LogP) is 7.69. The molecule has 0 aromatic carbocycles. The van der Waals surface area contributed by atoms with Gasteiger partial charge in [0.25, 0.3) is 0 Å². The number of allylic oxidation sites excluding steroid dienone is 2. The van der Waals surface area contributed by atoms with Gasteiger partial charge in [-0.1, -0.05) is 58.1 Å². The van der Waals surface area contributed by atoms with Crippen LogP contribution in [-0.2, 0) is 19.1 Å². The lowest BCUT2D eigenvalue weighted by molar-refractivity contribution is -0.157.